The highest BCUT2D eigenvalue weighted by Gasteiger charge is 2.46. The second kappa shape index (κ2) is 20.6. The first-order valence-corrected chi connectivity index (χ1v) is 20.0. The number of carbonyl (C=O) groups excluding carboxylic acids is 1. The van der Waals surface area contributed by atoms with Gasteiger partial charge in [-0.3, -0.25) is 8.98 Å². The summed E-state index contributed by atoms with van der Waals surface area (Å²) in [6.45, 7) is 9.68. The van der Waals surface area contributed by atoms with Crippen molar-refractivity contribution in [1.82, 2.24) is 0 Å². The van der Waals surface area contributed by atoms with E-state index in [2.05, 4.69) is 51.2 Å². The summed E-state index contributed by atoms with van der Waals surface area (Å²) in [6, 6.07) is 6.76. The third kappa shape index (κ3) is 13.0. The number of ether oxygens (including phenoxy) is 5. The fourth-order valence-electron chi connectivity index (χ4n) is 6.85. The van der Waals surface area contributed by atoms with Gasteiger partial charge in [-0.25, -0.2) is 0 Å². The summed E-state index contributed by atoms with van der Waals surface area (Å²) in [5.74, 6) is -0.395. The third-order valence-corrected chi connectivity index (χ3v) is 11.2. The first-order chi connectivity index (χ1) is 24.1. The van der Waals surface area contributed by atoms with Crippen molar-refractivity contribution in [2.45, 2.75) is 141 Å². The molecule has 1 aliphatic carbocycles. The van der Waals surface area contributed by atoms with Crippen molar-refractivity contribution in [2.24, 2.45) is 17.8 Å². The van der Waals surface area contributed by atoms with Gasteiger partial charge in [-0.1, -0.05) is 60.6 Å². The molecule has 50 heavy (non-hydrogen) atoms. The highest BCUT2D eigenvalue weighted by Crippen LogP contribution is 2.42. The molecule has 2 saturated heterocycles. The second-order valence-electron chi connectivity index (χ2n) is 14.3. The lowest BCUT2D eigenvalue weighted by molar-refractivity contribution is -0.193. The van der Waals surface area contributed by atoms with E-state index in [0.717, 1.165) is 50.5 Å². The molecule has 0 N–H and O–H groups in total. The van der Waals surface area contributed by atoms with E-state index in [4.69, 9.17) is 27.9 Å². The number of hydrogen-bond donors (Lipinski definition) is 0. The van der Waals surface area contributed by atoms with Crippen LogP contribution in [-0.4, -0.2) is 65.6 Å². The van der Waals surface area contributed by atoms with Crippen LogP contribution < -0.4 is 0 Å². The van der Waals surface area contributed by atoms with E-state index in [0.29, 0.717) is 45.3 Å². The number of aryl methyl sites for hydroxylation is 1. The Balaban J connectivity index is 1.63. The van der Waals surface area contributed by atoms with Crippen LogP contribution in [0.25, 0.3) is 0 Å². The number of methoxy groups -OCH3 is 1. The molecule has 9 nitrogen and oxygen atoms in total. The number of unbranched alkanes of at least 4 members (excludes halogenated alkanes) is 1. The molecule has 8 atom stereocenters. The first-order valence-electron chi connectivity index (χ1n) is 18.6. The normalized spacial score (nSPS) is 27.4. The van der Waals surface area contributed by atoms with Gasteiger partial charge in [0.2, 0.25) is 0 Å². The molecule has 3 unspecified atom stereocenters. The predicted octanol–water partition coefficient (Wildman–Crippen LogP) is 8.37. The van der Waals surface area contributed by atoms with Crippen molar-refractivity contribution in [2.75, 3.05) is 20.3 Å². The zero-order valence-electron chi connectivity index (χ0n) is 30.8. The maximum absolute atomic E-state index is 13.7. The fraction of sp³-hybridized carbons (Fsp3) is 0.675. The largest absolute Gasteiger partial charge is 0.469 e. The second-order valence-corrected chi connectivity index (χ2v) is 15.9. The van der Waals surface area contributed by atoms with Gasteiger partial charge in [0.15, 0.2) is 12.6 Å². The molecule has 1 aromatic carbocycles. The van der Waals surface area contributed by atoms with Crippen LogP contribution in [-0.2, 0) is 42.8 Å². The van der Waals surface area contributed by atoms with E-state index < -0.39 is 16.2 Å². The third-order valence-electron chi connectivity index (χ3n) is 9.87. The highest BCUT2D eigenvalue weighted by molar-refractivity contribution is 7.86. The zero-order chi connectivity index (χ0) is 35.9. The van der Waals surface area contributed by atoms with Gasteiger partial charge in [-0.2, -0.15) is 8.42 Å². The minimum absolute atomic E-state index is 0.140. The summed E-state index contributed by atoms with van der Waals surface area (Å²) in [7, 11) is -2.64. The molecule has 1 aromatic rings. The Morgan fingerprint density at radius 1 is 0.980 bits per heavy atom. The molecule has 280 valence electrons. The van der Waals surface area contributed by atoms with Crippen molar-refractivity contribution in [3.05, 3.63) is 65.8 Å². The lowest BCUT2D eigenvalue weighted by Gasteiger charge is -2.31. The molecular formula is C40H60O9S. The zero-order valence-corrected chi connectivity index (χ0v) is 31.6. The molecule has 0 bridgehead atoms. The van der Waals surface area contributed by atoms with Crippen molar-refractivity contribution in [3.8, 4) is 0 Å². The van der Waals surface area contributed by atoms with E-state index >= 15 is 0 Å². The fourth-order valence-corrected chi connectivity index (χ4v) is 7.97. The van der Waals surface area contributed by atoms with Crippen molar-refractivity contribution in [1.29, 1.82) is 0 Å². The van der Waals surface area contributed by atoms with Crippen LogP contribution in [0.3, 0.4) is 0 Å². The molecule has 2 aliphatic heterocycles. The Morgan fingerprint density at radius 2 is 1.68 bits per heavy atom. The number of rotatable bonds is 18. The average molecular weight is 717 g/mol. The van der Waals surface area contributed by atoms with Crippen LogP contribution in [0.15, 0.2) is 65.1 Å². The Kier molecular flexibility index (Phi) is 16.7. The monoisotopic (exact) mass is 716 g/mol. The predicted molar refractivity (Wildman–Crippen MR) is 194 cm³/mol. The van der Waals surface area contributed by atoms with Crippen LogP contribution in [0.4, 0.5) is 0 Å². The molecule has 2 heterocycles. The van der Waals surface area contributed by atoms with Gasteiger partial charge < -0.3 is 23.7 Å². The quantitative estimate of drug-likeness (QED) is 0.0641. The standard InChI is InChI=1S/C40H60O9S/c1-29(2)18-21-31(4)35(47-39-16-10-12-26-45-39)25-24-34-33(14-8-6-7-9-15-38(41)44-5)37(28-36(34)48-40-17-11-13-27-46-40)49-50(42,43)32-22-19-30(3)20-23-32/h6,8,18-20,22-25,31,33-37,39-40H,7,9-17,21,26-28H2,1-5H3/b8-6-,25-24+/t31?,33-,34-,35+,36-,37+,39?,40?/m1/s1. The number of carbonyl (C=O) groups is 1. The molecule has 0 radical (unpaired) electrons. The van der Waals surface area contributed by atoms with Gasteiger partial charge in [0.1, 0.15) is 0 Å². The van der Waals surface area contributed by atoms with Crippen LogP contribution in [0, 0.1) is 24.7 Å². The number of hydrogen-bond acceptors (Lipinski definition) is 9. The van der Waals surface area contributed by atoms with Crippen LogP contribution in [0.2, 0.25) is 0 Å². The van der Waals surface area contributed by atoms with Gasteiger partial charge in [0, 0.05) is 32.0 Å². The first kappa shape index (κ1) is 40.4. The maximum atomic E-state index is 13.7. The smallest absolute Gasteiger partial charge is 0.305 e. The number of allylic oxidation sites excluding steroid dienone is 4. The van der Waals surface area contributed by atoms with Gasteiger partial charge in [-0.15, -0.1) is 0 Å². The molecule has 3 fully saturated rings. The SMILES string of the molecule is COC(=O)CCC/C=C\C[C@@H]1[C@@H](/C=C/[C@H](OC2CCCCO2)C(C)CC=C(C)C)[C@H](OC2CCCCO2)C[C@@H]1OS(=O)(=O)c1ccc(C)cc1. The number of benzene rings is 1. The van der Waals surface area contributed by atoms with Gasteiger partial charge in [0.05, 0.1) is 30.3 Å². The molecule has 4 rings (SSSR count). The van der Waals surface area contributed by atoms with Crippen LogP contribution >= 0.6 is 0 Å². The van der Waals surface area contributed by atoms with Crippen molar-refractivity contribution < 1.29 is 41.1 Å². The Labute approximate surface area is 300 Å². The highest BCUT2D eigenvalue weighted by atomic mass is 32.2. The molecule has 0 amide bonds. The number of esters is 1. The maximum Gasteiger partial charge on any atom is 0.305 e. The van der Waals surface area contributed by atoms with Crippen LogP contribution in [0.5, 0.6) is 0 Å². The summed E-state index contributed by atoms with van der Waals surface area (Å²) >= 11 is 0. The minimum Gasteiger partial charge on any atom is -0.469 e. The van der Waals surface area contributed by atoms with Crippen molar-refractivity contribution in [3.63, 3.8) is 0 Å². The molecule has 0 aromatic heterocycles. The lowest BCUT2D eigenvalue weighted by atomic mass is 9.88. The molecule has 10 heteroatoms. The molecule has 0 spiro atoms. The van der Waals surface area contributed by atoms with Gasteiger partial charge in [0.25, 0.3) is 10.1 Å². The Bertz CT molecular complexity index is 1350. The Morgan fingerprint density at radius 3 is 2.32 bits per heavy atom. The molecule has 3 aliphatic rings. The average Bonchev–Trinajstić information content (AvgIpc) is 3.41. The summed E-state index contributed by atoms with van der Waals surface area (Å²) in [4.78, 5) is 11.7. The van der Waals surface area contributed by atoms with Crippen molar-refractivity contribution >= 4 is 16.1 Å². The summed E-state index contributed by atoms with van der Waals surface area (Å²) in [5, 5.41) is 0. The lowest BCUT2D eigenvalue weighted by Crippen LogP contribution is -2.32. The van der Waals surface area contributed by atoms with Gasteiger partial charge in [-0.05, 0) is 109 Å². The minimum atomic E-state index is -4.04. The Hall–Kier alpha value is -2.34. The van der Waals surface area contributed by atoms with E-state index in [1.807, 2.05) is 6.92 Å². The molecular weight excluding hydrogens is 656 g/mol. The van der Waals surface area contributed by atoms with E-state index in [9.17, 15) is 13.2 Å². The van der Waals surface area contributed by atoms with Gasteiger partial charge >= 0.3 is 5.97 Å². The summed E-state index contributed by atoms with van der Waals surface area (Å²) in [6.07, 6.45) is 18.4. The van der Waals surface area contributed by atoms with E-state index in [-0.39, 0.29) is 53.4 Å². The van der Waals surface area contributed by atoms with Crippen LogP contribution in [0.1, 0.15) is 103 Å². The summed E-state index contributed by atoms with van der Waals surface area (Å²) in [5.41, 5.74) is 2.24. The van der Waals surface area contributed by atoms with E-state index in [1.165, 1.54) is 12.7 Å². The summed E-state index contributed by atoms with van der Waals surface area (Å²) < 4.78 is 63.5. The molecule has 1 saturated carbocycles. The topological polar surface area (TPSA) is 107 Å². The van der Waals surface area contributed by atoms with E-state index in [1.54, 1.807) is 24.3 Å².